The van der Waals surface area contributed by atoms with E-state index in [1.165, 1.54) is 45.6 Å². The van der Waals surface area contributed by atoms with E-state index >= 15 is 0 Å². The summed E-state index contributed by atoms with van der Waals surface area (Å²) in [5, 5.41) is 0. The fourth-order valence-corrected chi connectivity index (χ4v) is 3.53. The number of nitrogens with zero attached hydrogens (tertiary/aromatic N) is 1. The number of sulfonamides is 1. The third kappa shape index (κ3) is 4.21. The Morgan fingerprint density at radius 2 is 1.36 bits per heavy atom. The van der Waals surface area contributed by atoms with Gasteiger partial charge in [-0.2, -0.15) is 0 Å². The van der Waals surface area contributed by atoms with E-state index in [4.69, 9.17) is 9.47 Å². The quantitative estimate of drug-likeness (QED) is 0.699. The fourth-order valence-electron chi connectivity index (χ4n) is 2.12. The van der Waals surface area contributed by atoms with Gasteiger partial charge in [-0.05, 0) is 48.5 Å². The van der Waals surface area contributed by atoms with Crippen LogP contribution in [0.15, 0.2) is 53.4 Å². The lowest BCUT2D eigenvalue weighted by Gasteiger charge is -2.23. The van der Waals surface area contributed by atoms with Gasteiger partial charge in [-0.15, -0.1) is 0 Å². The van der Waals surface area contributed by atoms with Gasteiger partial charge in [0.05, 0.1) is 31.9 Å². The predicted octanol–water partition coefficient (Wildman–Crippen LogP) is 2.07. The molecule has 134 valence electrons. The Kier molecular flexibility index (Phi) is 5.87. The van der Waals surface area contributed by atoms with Crippen LogP contribution in [-0.4, -0.2) is 42.3 Å². The number of hydrogen-bond donors (Lipinski definition) is 0. The van der Waals surface area contributed by atoms with Crippen LogP contribution in [0.1, 0.15) is 0 Å². The molecular weight excluding hydrogens is 346 g/mol. The van der Waals surface area contributed by atoms with Crippen molar-refractivity contribution < 1.29 is 27.4 Å². The van der Waals surface area contributed by atoms with Gasteiger partial charge < -0.3 is 14.2 Å². The number of benzene rings is 2. The van der Waals surface area contributed by atoms with E-state index < -0.39 is 22.5 Å². The highest BCUT2D eigenvalue weighted by Crippen LogP contribution is 2.26. The number of hydrogen-bond acceptors (Lipinski definition) is 6. The standard InChI is InChI=1S/C17H19NO6S/c1-22-14-6-4-13(5-7-14)18(12-17(19)24-3)25(20,21)16-10-8-15(23-2)9-11-16/h4-11H,12H2,1-3H3. The molecule has 25 heavy (non-hydrogen) atoms. The van der Waals surface area contributed by atoms with Crippen molar-refractivity contribution in [3.8, 4) is 11.5 Å². The number of carbonyl (C=O) groups is 1. The molecule has 2 aromatic rings. The Labute approximate surface area is 146 Å². The van der Waals surface area contributed by atoms with Crippen LogP contribution in [-0.2, 0) is 19.6 Å². The van der Waals surface area contributed by atoms with E-state index in [2.05, 4.69) is 4.74 Å². The van der Waals surface area contributed by atoms with Crippen LogP contribution >= 0.6 is 0 Å². The lowest BCUT2D eigenvalue weighted by molar-refractivity contribution is -0.138. The Bertz CT molecular complexity index is 815. The SMILES string of the molecule is COC(=O)CN(c1ccc(OC)cc1)S(=O)(=O)c1ccc(OC)cc1. The van der Waals surface area contributed by atoms with E-state index in [1.807, 2.05) is 0 Å². The number of methoxy groups -OCH3 is 3. The van der Waals surface area contributed by atoms with Gasteiger partial charge >= 0.3 is 5.97 Å². The van der Waals surface area contributed by atoms with Gasteiger partial charge in [0.1, 0.15) is 18.0 Å². The number of rotatable bonds is 7. The molecule has 0 aromatic heterocycles. The van der Waals surface area contributed by atoms with Gasteiger partial charge in [-0.1, -0.05) is 0 Å². The monoisotopic (exact) mass is 365 g/mol. The molecule has 2 rings (SSSR count). The number of anilines is 1. The summed E-state index contributed by atoms with van der Waals surface area (Å²) in [6, 6.07) is 12.3. The average Bonchev–Trinajstić information content (AvgIpc) is 2.65. The summed E-state index contributed by atoms with van der Waals surface area (Å²) in [7, 11) is 0.235. The molecule has 0 spiro atoms. The molecule has 0 saturated carbocycles. The van der Waals surface area contributed by atoms with Crippen LogP contribution in [0.3, 0.4) is 0 Å². The second-order valence-corrected chi connectivity index (χ2v) is 6.82. The predicted molar refractivity (Wildman–Crippen MR) is 92.5 cm³/mol. The first kappa shape index (κ1) is 18.6. The zero-order valence-electron chi connectivity index (χ0n) is 14.1. The van der Waals surface area contributed by atoms with Crippen LogP contribution < -0.4 is 13.8 Å². The minimum absolute atomic E-state index is 0.0352. The molecule has 2 aromatic carbocycles. The van der Waals surface area contributed by atoms with Crippen molar-refractivity contribution in [2.24, 2.45) is 0 Å². The molecule has 0 atom stereocenters. The van der Waals surface area contributed by atoms with E-state index in [0.29, 0.717) is 17.2 Å². The molecule has 0 heterocycles. The molecule has 0 aliphatic carbocycles. The summed E-state index contributed by atoms with van der Waals surface area (Å²) in [6.45, 7) is -0.447. The molecule has 0 aliphatic heterocycles. The second kappa shape index (κ2) is 7.89. The minimum atomic E-state index is -3.97. The van der Waals surface area contributed by atoms with E-state index in [1.54, 1.807) is 24.3 Å². The number of ether oxygens (including phenoxy) is 3. The van der Waals surface area contributed by atoms with Crippen LogP contribution in [0.25, 0.3) is 0 Å². The lowest BCUT2D eigenvalue weighted by atomic mass is 10.3. The summed E-state index contributed by atoms with van der Waals surface area (Å²) in [4.78, 5) is 11.8. The van der Waals surface area contributed by atoms with E-state index in [0.717, 1.165) is 4.31 Å². The van der Waals surface area contributed by atoms with Gasteiger partial charge in [0.25, 0.3) is 10.0 Å². The maximum Gasteiger partial charge on any atom is 0.326 e. The maximum absolute atomic E-state index is 13.0. The molecule has 0 saturated heterocycles. The lowest BCUT2D eigenvalue weighted by Crippen LogP contribution is -2.36. The highest BCUT2D eigenvalue weighted by atomic mass is 32.2. The molecule has 0 radical (unpaired) electrons. The Morgan fingerprint density at radius 3 is 1.80 bits per heavy atom. The third-order valence-corrected chi connectivity index (χ3v) is 5.30. The largest absolute Gasteiger partial charge is 0.497 e. The first-order valence-corrected chi connectivity index (χ1v) is 8.74. The van der Waals surface area contributed by atoms with Gasteiger partial charge in [0.2, 0.25) is 0 Å². The molecule has 0 aliphatic rings. The highest BCUT2D eigenvalue weighted by molar-refractivity contribution is 7.92. The topological polar surface area (TPSA) is 82.1 Å². The summed E-state index contributed by atoms with van der Waals surface area (Å²) >= 11 is 0. The molecule has 0 amide bonds. The summed E-state index contributed by atoms with van der Waals surface area (Å²) in [6.07, 6.45) is 0. The zero-order valence-corrected chi connectivity index (χ0v) is 14.9. The van der Waals surface area contributed by atoms with Gasteiger partial charge in [-0.3, -0.25) is 9.10 Å². The number of esters is 1. The van der Waals surface area contributed by atoms with Crippen molar-refractivity contribution in [3.05, 3.63) is 48.5 Å². The van der Waals surface area contributed by atoms with Crippen LogP contribution in [0.4, 0.5) is 5.69 Å². The van der Waals surface area contributed by atoms with Crippen molar-refractivity contribution >= 4 is 21.7 Å². The van der Waals surface area contributed by atoms with E-state index in [9.17, 15) is 13.2 Å². The molecule has 0 fully saturated rings. The minimum Gasteiger partial charge on any atom is -0.497 e. The summed E-state index contributed by atoms with van der Waals surface area (Å²) in [5.74, 6) is 0.430. The second-order valence-electron chi connectivity index (χ2n) is 4.96. The van der Waals surface area contributed by atoms with Crippen LogP contribution in [0.2, 0.25) is 0 Å². The van der Waals surface area contributed by atoms with Gasteiger partial charge in [-0.25, -0.2) is 8.42 Å². The van der Waals surface area contributed by atoms with Crippen molar-refractivity contribution in [2.45, 2.75) is 4.90 Å². The zero-order chi connectivity index (χ0) is 18.4. The first-order valence-electron chi connectivity index (χ1n) is 7.30. The first-order chi connectivity index (χ1) is 11.9. The average molecular weight is 365 g/mol. The molecule has 0 N–H and O–H groups in total. The normalized spacial score (nSPS) is 10.8. The fraction of sp³-hybridized carbons (Fsp3) is 0.235. The molecular formula is C17H19NO6S. The molecule has 0 bridgehead atoms. The third-order valence-electron chi connectivity index (χ3n) is 3.51. The smallest absolute Gasteiger partial charge is 0.326 e. The van der Waals surface area contributed by atoms with Gasteiger partial charge in [0.15, 0.2) is 0 Å². The van der Waals surface area contributed by atoms with Crippen LogP contribution in [0.5, 0.6) is 11.5 Å². The van der Waals surface area contributed by atoms with Crippen LogP contribution in [0, 0.1) is 0 Å². The van der Waals surface area contributed by atoms with Crippen molar-refractivity contribution in [3.63, 3.8) is 0 Å². The molecule has 0 unspecified atom stereocenters. The summed E-state index contributed by atoms with van der Waals surface area (Å²) < 4.78 is 41.7. The Hall–Kier alpha value is -2.74. The molecule has 8 heteroatoms. The van der Waals surface area contributed by atoms with Crippen molar-refractivity contribution in [2.75, 3.05) is 32.2 Å². The number of carbonyl (C=O) groups excluding carboxylic acids is 1. The Balaban J connectivity index is 2.46. The van der Waals surface area contributed by atoms with Gasteiger partial charge in [0, 0.05) is 0 Å². The van der Waals surface area contributed by atoms with E-state index in [-0.39, 0.29) is 4.90 Å². The maximum atomic E-state index is 13.0. The Morgan fingerprint density at radius 1 is 0.880 bits per heavy atom. The highest BCUT2D eigenvalue weighted by Gasteiger charge is 2.27. The molecule has 7 nitrogen and oxygen atoms in total. The van der Waals surface area contributed by atoms with Crippen molar-refractivity contribution in [1.82, 2.24) is 0 Å². The summed E-state index contributed by atoms with van der Waals surface area (Å²) in [5.41, 5.74) is 0.321. The van der Waals surface area contributed by atoms with Crippen molar-refractivity contribution in [1.29, 1.82) is 0 Å².